The van der Waals surface area contributed by atoms with Crippen LogP contribution in [0.1, 0.15) is 33.6 Å². The number of hydrogen-bond acceptors (Lipinski definition) is 4. The first-order chi connectivity index (χ1) is 10.5. The average molecular weight is 340 g/mol. The third kappa shape index (κ3) is 5.89. The molecule has 0 spiro atoms. The maximum absolute atomic E-state index is 12.4. The summed E-state index contributed by atoms with van der Waals surface area (Å²) in [6.07, 6.45) is -5.09. The SMILES string of the molecule is CC(C)(C)OC(=O)N(CCO)C1CCN(C(=O)C(F)(F)F)CC1. The number of ether oxygens (including phenoxy) is 1. The van der Waals surface area contributed by atoms with Crippen molar-refractivity contribution in [1.29, 1.82) is 0 Å². The van der Waals surface area contributed by atoms with Gasteiger partial charge in [0.2, 0.25) is 0 Å². The van der Waals surface area contributed by atoms with E-state index < -0.39 is 23.8 Å². The number of aliphatic hydroxyl groups excluding tert-OH is 1. The molecule has 0 radical (unpaired) electrons. The van der Waals surface area contributed by atoms with Gasteiger partial charge in [-0.05, 0) is 33.6 Å². The fourth-order valence-electron chi connectivity index (χ4n) is 2.41. The van der Waals surface area contributed by atoms with E-state index in [4.69, 9.17) is 9.84 Å². The Kier molecular flexibility index (Phi) is 6.26. The van der Waals surface area contributed by atoms with Crippen molar-refractivity contribution in [3.63, 3.8) is 0 Å². The average Bonchev–Trinajstić information content (AvgIpc) is 2.41. The van der Waals surface area contributed by atoms with Crippen molar-refractivity contribution in [1.82, 2.24) is 9.80 Å². The number of rotatable bonds is 3. The van der Waals surface area contributed by atoms with E-state index in [-0.39, 0.29) is 45.1 Å². The molecule has 0 bridgehead atoms. The van der Waals surface area contributed by atoms with Gasteiger partial charge in [0.05, 0.1) is 6.61 Å². The Morgan fingerprint density at radius 1 is 1.22 bits per heavy atom. The minimum atomic E-state index is -4.89. The lowest BCUT2D eigenvalue weighted by Gasteiger charge is -2.38. The molecule has 23 heavy (non-hydrogen) atoms. The fraction of sp³-hybridized carbons (Fsp3) is 0.857. The van der Waals surface area contributed by atoms with Crippen molar-refractivity contribution in [2.45, 2.75) is 51.4 Å². The number of nitrogens with zero attached hydrogens (tertiary/aromatic N) is 2. The lowest BCUT2D eigenvalue weighted by Crippen LogP contribution is -2.52. The van der Waals surface area contributed by atoms with E-state index in [0.29, 0.717) is 0 Å². The molecule has 0 unspecified atom stereocenters. The lowest BCUT2D eigenvalue weighted by atomic mass is 10.0. The Morgan fingerprint density at radius 3 is 2.13 bits per heavy atom. The van der Waals surface area contributed by atoms with E-state index in [0.717, 1.165) is 4.90 Å². The zero-order valence-electron chi connectivity index (χ0n) is 13.5. The van der Waals surface area contributed by atoms with Crippen molar-refractivity contribution in [3.05, 3.63) is 0 Å². The first-order valence-corrected chi connectivity index (χ1v) is 7.42. The summed E-state index contributed by atoms with van der Waals surface area (Å²) in [5.41, 5.74) is -0.711. The molecule has 1 rings (SSSR count). The molecule has 2 amide bonds. The Balaban J connectivity index is 2.67. The van der Waals surface area contributed by atoms with E-state index in [1.165, 1.54) is 4.90 Å². The molecule has 6 nitrogen and oxygen atoms in total. The molecule has 1 heterocycles. The summed E-state index contributed by atoms with van der Waals surface area (Å²) < 4.78 is 42.5. The number of carbonyl (C=O) groups is 2. The summed E-state index contributed by atoms with van der Waals surface area (Å²) in [7, 11) is 0. The van der Waals surface area contributed by atoms with Crippen molar-refractivity contribution < 1.29 is 32.6 Å². The molecule has 0 saturated carbocycles. The van der Waals surface area contributed by atoms with Gasteiger partial charge >= 0.3 is 18.2 Å². The van der Waals surface area contributed by atoms with Gasteiger partial charge in [-0.1, -0.05) is 0 Å². The number of piperidine rings is 1. The second-order valence-corrected chi connectivity index (χ2v) is 6.42. The number of carbonyl (C=O) groups excluding carboxylic acids is 2. The molecule has 9 heteroatoms. The van der Waals surface area contributed by atoms with Crippen LogP contribution in [0.2, 0.25) is 0 Å². The summed E-state index contributed by atoms with van der Waals surface area (Å²) in [6, 6.07) is -0.366. The van der Waals surface area contributed by atoms with E-state index in [9.17, 15) is 22.8 Å². The van der Waals surface area contributed by atoms with Crippen molar-refractivity contribution in [2.75, 3.05) is 26.2 Å². The topological polar surface area (TPSA) is 70.1 Å². The van der Waals surface area contributed by atoms with Crippen molar-refractivity contribution in [2.24, 2.45) is 0 Å². The molecule has 1 aliphatic rings. The first kappa shape index (κ1) is 19.5. The Morgan fingerprint density at radius 2 is 1.74 bits per heavy atom. The van der Waals surface area contributed by atoms with Crippen LogP contribution in [0.3, 0.4) is 0 Å². The molecule has 1 aliphatic heterocycles. The van der Waals surface area contributed by atoms with Crippen LogP contribution >= 0.6 is 0 Å². The maximum Gasteiger partial charge on any atom is 0.471 e. The molecule has 1 fully saturated rings. The van der Waals surface area contributed by atoms with Gasteiger partial charge in [0.25, 0.3) is 0 Å². The Hall–Kier alpha value is -1.51. The third-order valence-electron chi connectivity index (χ3n) is 3.40. The molecule has 0 aliphatic carbocycles. The van der Waals surface area contributed by atoms with Crippen LogP contribution < -0.4 is 0 Å². The van der Waals surface area contributed by atoms with Gasteiger partial charge in [-0.3, -0.25) is 4.79 Å². The van der Waals surface area contributed by atoms with Gasteiger partial charge in [-0.2, -0.15) is 13.2 Å². The second-order valence-electron chi connectivity index (χ2n) is 6.42. The number of amides is 2. The third-order valence-corrected chi connectivity index (χ3v) is 3.40. The molecule has 0 aromatic carbocycles. The Bertz CT molecular complexity index is 427. The minimum absolute atomic E-state index is 0.0345. The predicted octanol–water partition coefficient (Wildman–Crippen LogP) is 1.77. The highest BCUT2D eigenvalue weighted by Crippen LogP contribution is 2.24. The van der Waals surface area contributed by atoms with Gasteiger partial charge in [0.15, 0.2) is 0 Å². The zero-order valence-corrected chi connectivity index (χ0v) is 13.5. The fourth-order valence-corrected chi connectivity index (χ4v) is 2.41. The van der Waals surface area contributed by atoms with E-state index >= 15 is 0 Å². The number of likely N-dealkylation sites (tertiary alicyclic amines) is 1. The standard InChI is InChI=1S/C14H23F3N2O4/c1-13(2,3)23-12(22)19(8-9-20)10-4-6-18(7-5-10)11(21)14(15,16)17/h10,20H,4-9H2,1-3H3. The first-order valence-electron chi connectivity index (χ1n) is 7.42. The monoisotopic (exact) mass is 340 g/mol. The quantitative estimate of drug-likeness (QED) is 0.850. The summed E-state index contributed by atoms with van der Waals surface area (Å²) >= 11 is 0. The van der Waals surface area contributed by atoms with Crippen molar-refractivity contribution in [3.8, 4) is 0 Å². The largest absolute Gasteiger partial charge is 0.471 e. The highest BCUT2D eigenvalue weighted by molar-refractivity contribution is 5.82. The number of halogens is 3. The maximum atomic E-state index is 12.4. The van der Waals surface area contributed by atoms with Crippen LogP contribution in [0.25, 0.3) is 0 Å². The van der Waals surface area contributed by atoms with Gasteiger partial charge in [-0.15, -0.1) is 0 Å². The molecular formula is C14H23F3N2O4. The number of hydrogen-bond donors (Lipinski definition) is 1. The van der Waals surface area contributed by atoms with E-state index in [2.05, 4.69) is 0 Å². The molecule has 134 valence electrons. The van der Waals surface area contributed by atoms with Gasteiger partial charge in [-0.25, -0.2) is 4.79 Å². The molecule has 1 N–H and O–H groups in total. The van der Waals surface area contributed by atoms with Crippen LogP contribution in [-0.2, 0) is 9.53 Å². The summed E-state index contributed by atoms with van der Waals surface area (Å²) in [5.74, 6) is -1.86. The lowest BCUT2D eigenvalue weighted by molar-refractivity contribution is -0.186. The van der Waals surface area contributed by atoms with Crippen LogP contribution in [0.5, 0.6) is 0 Å². The van der Waals surface area contributed by atoms with Crippen LogP contribution in [0, 0.1) is 0 Å². The normalized spacial score (nSPS) is 17.1. The summed E-state index contributed by atoms with van der Waals surface area (Å²) in [6.45, 7) is 4.68. The van der Waals surface area contributed by atoms with Gasteiger partial charge < -0.3 is 19.6 Å². The minimum Gasteiger partial charge on any atom is -0.444 e. The predicted molar refractivity (Wildman–Crippen MR) is 75.7 cm³/mol. The van der Waals surface area contributed by atoms with Crippen LogP contribution in [0.4, 0.5) is 18.0 Å². The van der Waals surface area contributed by atoms with Crippen LogP contribution in [-0.4, -0.2) is 71.0 Å². The van der Waals surface area contributed by atoms with E-state index in [1.807, 2.05) is 0 Å². The van der Waals surface area contributed by atoms with Gasteiger partial charge in [0.1, 0.15) is 5.60 Å². The van der Waals surface area contributed by atoms with Crippen LogP contribution in [0.15, 0.2) is 0 Å². The number of aliphatic hydroxyl groups is 1. The summed E-state index contributed by atoms with van der Waals surface area (Å²) in [4.78, 5) is 25.4. The molecule has 0 atom stereocenters. The smallest absolute Gasteiger partial charge is 0.444 e. The van der Waals surface area contributed by atoms with E-state index in [1.54, 1.807) is 20.8 Å². The second kappa shape index (κ2) is 7.37. The molecule has 0 aromatic heterocycles. The molecule has 0 aromatic rings. The highest BCUT2D eigenvalue weighted by Gasteiger charge is 2.44. The summed E-state index contributed by atoms with van der Waals surface area (Å²) in [5, 5.41) is 9.10. The van der Waals surface area contributed by atoms with Gasteiger partial charge in [0, 0.05) is 25.7 Å². The molecule has 1 saturated heterocycles. The Labute approximate surface area is 133 Å². The van der Waals surface area contributed by atoms with Crippen molar-refractivity contribution >= 4 is 12.0 Å². The highest BCUT2D eigenvalue weighted by atomic mass is 19.4. The molecular weight excluding hydrogens is 317 g/mol. The zero-order chi connectivity index (χ0) is 17.8. The number of alkyl halides is 3.